The van der Waals surface area contributed by atoms with Crippen LogP contribution in [-0.4, -0.2) is 29.7 Å². The van der Waals surface area contributed by atoms with Gasteiger partial charge in [-0.15, -0.1) is 11.3 Å². The Balaban J connectivity index is 1.79. The summed E-state index contributed by atoms with van der Waals surface area (Å²) >= 11 is 1.63. The van der Waals surface area contributed by atoms with Crippen LogP contribution < -0.4 is 16.4 Å². The van der Waals surface area contributed by atoms with Crippen molar-refractivity contribution in [1.29, 1.82) is 0 Å². The molecule has 20 heavy (non-hydrogen) atoms. The van der Waals surface area contributed by atoms with Crippen LogP contribution in [-0.2, 0) is 4.74 Å². The largest absolute Gasteiger partial charge is 0.396 e. The molecule has 106 valence electrons. The molecule has 3 rings (SSSR count). The van der Waals surface area contributed by atoms with Crippen molar-refractivity contribution in [3.63, 3.8) is 0 Å². The molecule has 1 saturated heterocycles. The number of anilines is 3. The quantitative estimate of drug-likeness (QED) is 0.873. The van der Waals surface area contributed by atoms with Gasteiger partial charge in [0.25, 0.3) is 0 Å². The second-order valence-corrected chi connectivity index (χ2v) is 5.67. The third kappa shape index (κ3) is 2.54. The van der Waals surface area contributed by atoms with E-state index < -0.39 is 0 Å². The number of ether oxygens (including phenoxy) is 1. The number of rotatable bonds is 2. The number of nitrogen functional groups attached to an aromatic ring is 2. The number of hydrogen-bond donors (Lipinski definition) is 2. The minimum Gasteiger partial charge on any atom is -0.396 e. The van der Waals surface area contributed by atoms with Crippen molar-refractivity contribution in [2.45, 2.75) is 13.0 Å². The molecule has 7 heteroatoms. The van der Waals surface area contributed by atoms with Crippen LogP contribution in [0.1, 0.15) is 16.8 Å². The van der Waals surface area contributed by atoms with Gasteiger partial charge in [-0.1, -0.05) is 0 Å². The Morgan fingerprint density at radius 1 is 1.35 bits per heavy atom. The van der Waals surface area contributed by atoms with Crippen LogP contribution >= 0.6 is 11.3 Å². The first-order valence-electron chi connectivity index (χ1n) is 6.44. The molecular formula is C13H17N5OS. The molecule has 1 fully saturated rings. The molecule has 1 unspecified atom stereocenters. The monoisotopic (exact) mass is 291 g/mol. The van der Waals surface area contributed by atoms with Crippen molar-refractivity contribution < 1.29 is 4.74 Å². The number of aromatic nitrogens is 2. The summed E-state index contributed by atoms with van der Waals surface area (Å²) in [6.45, 7) is 4.15. The lowest BCUT2D eigenvalue weighted by Gasteiger charge is -2.33. The summed E-state index contributed by atoms with van der Waals surface area (Å²) < 4.78 is 5.81. The number of morpholine rings is 1. The summed E-state index contributed by atoms with van der Waals surface area (Å²) in [5.41, 5.74) is 13.0. The third-order valence-corrected chi connectivity index (χ3v) is 4.30. The fraction of sp³-hybridized carbons (Fsp3) is 0.385. The Labute approximate surface area is 121 Å². The van der Waals surface area contributed by atoms with E-state index >= 15 is 0 Å². The highest BCUT2D eigenvalue weighted by Gasteiger charge is 2.25. The van der Waals surface area contributed by atoms with E-state index in [-0.39, 0.29) is 6.10 Å². The van der Waals surface area contributed by atoms with Crippen LogP contribution in [0.4, 0.5) is 17.3 Å². The number of hydrogen-bond acceptors (Lipinski definition) is 7. The van der Waals surface area contributed by atoms with Crippen LogP contribution in [0.25, 0.3) is 0 Å². The van der Waals surface area contributed by atoms with Crippen LogP contribution in [0, 0.1) is 6.92 Å². The molecule has 6 nitrogen and oxygen atoms in total. The molecule has 0 aromatic carbocycles. The zero-order valence-corrected chi connectivity index (χ0v) is 12.1. The molecule has 0 saturated carbocycles. The SMILES string of the molecule is Cc1csc(C2CN(c3ccc(N)c(N)n3)CCO2)n1. The average molecular weight is 291 g/mol. The van der Waals surface area contributed by atoms with Gasteiger partial charge in [0.05, 0.1) is 18.8 Å². The van der Waals surface area contributed by atoms with Crippen LogP contribution in [0.15, 0.2) is 17.5 Å². The van der Waals surface area contributed by atoms with Crippen LogP contribution in [0.3, 0.4) is 0 Å². The van der Waals surface area contributed by atoms with E-state index in [2.05, 4.69) is 14.9 Å². The van der Waals surface area contributed by atoms with Gasteiger partial charge in [-0.05, 0) is 19.1 Å². The van der Waals surface area contributed by atoms with Crippen molar-refractivity contribution in [1.82, 2.24) is 9.97 Å². The summed E-state index contributed by atoms with van der Waals surface area (Å²) in [6, 6.07) is 3.68. The molecule has 4 N–H and O–H groups in total. The molecule has 2 aromatic heterocycles. The molecule has 0 amide bonds. The maximum Gasteiger partial charge on any atom is 0.149 e. The molecule has 0 radical (unpaired) electrons. The van der Waals surface area contributed by atoms with Crippen molar-refractivity contribution in [3.8, 4) is 0 Å². The molecule has 1 aliphatic rings. The highest BCUT2D eigenvalue weighted by atomic mass is 32.1. The zero-order valence-electron chi connectivity index (χ0n) is 11.2. The summed E-state index contributed by atoms with van der Waals surface area (Å²) in [7, 11) is 0. The third-order valence-electron chi connectivity index (χ3n) is 3.25. The Kier molecular flexibility index (Phi) is 3.45. The fourth-order valence-corrected chi connectivity index (χ4v) is 3.01. The predicted molar refractivity (Wildman–Crippen MR) is 80.8 cm³/mol. The van der Waals surface area contributed by atoms with Crippen LogP contribution in [0.5, 0.6) is 0 Å². The minimum atomic E-state index is -0.0111. The normalized spacial score (nSPS) is 19.2. The second-order valence-electron chi connectivity index (χ2n) is 4.78. The van der Waals surface area contributed by atoms with Gasteiger partial charge in [0.2, 0.25) is 0 Å². The number of pyridine rings is 1. The molecule has 1 aliphatic heterocycles. The average Bonchev–Trinajstić information content (AvgIpc) is 2.89. The molecule has 1 atom stereocenters. The highest BCUT2D eigenvalue weighted by Crippen LogP contribution is 2.28. The predicted octanol–water partition coefficient (Wildman–Crippen LogP) is 1.59. The van der Waals surface area contributed by atoms with Gasteiger partial charge in [0.1, 0.15) is 22.7 Å². The van der Waals surface area contributed by atoms with Crippen molar-refractivity contribution >= 4 is 28.7 Å². The van der Waals surface area contributed by atoms with Gasteiger partial charge in [0, 0.05) is 17.6 Å². The Hall–Kier alpha value is -1.86. The smallest absolute Gasteiger partial charge is 0.149 e. The summed E-state index contributed by atoms with van der Waals surface area (Å²) in [5, 5.41) is 3.05. The van der Waals surface area contributed by atoms with E-state index in [0.29, 0.717) is 18.1 Å². The number of nitrogens with two attached hydrogens (primary N) is 2. The fourth-order valence-electron chi connectivity index (χ4n) is 2.18. The maximum atomic E-state index is 5.81. The van der Waals surface area contributed by atoms with Crippen molar-refractivity contribution in [3.05, 3.63) is 28.2 Å². The van der Waals surface area contributed by atoms with Gasteiger partial charge in [0.15, 0.2) is 0 Å². The minimum absolute atomic E-state index is 0.0111. The van der Waals surface area contributed by atoms with Gasteiger partial charge in [-0.3, -0.25) is 0 Å². The highest BCUT2D eigenvalue weighted by molar-refractivity contribution is 7.09. The van der Waals surface area contributed by atoms with E-state index in [1.165, 1.54) is 0 Å². The van der Waals surface area contributed by atoms with Crippen LogP contribution in [0.2, 0.25) is 0 Å². The first-order valence-corrected chi connectivity index (χ1v) is 7.32. The molecular weight excluding hydrogens is 274 g/mol. The standard InChI is InChI=1S/C13H17N5OS/c1-8-7-20-13(16-8)10-6-18(4-5-19-10)11-3-2-9(14)12(15)17-11/h2-3,7,10H,4-6,14H2,1H3,(H2,15,17). The molecule has 0 spiro atoms. The van der Waals surface area contributed by atoms with E-state index in [9.17, 15) is 0 Å². The van der Waals surface area contributed by atoms with Crippen molar-refractivity contribution in [2.24, 2.45) is 0 Å². The Morgan fingerprint density at radius 3 is 2.90 bits per heavy atom. The lowest BCUT2D eigenvalue weighted by atomic mass is 10.2. The lowest BCUT2D eigenvalue weighted by molar-refractivity contribution is 0.0393. The topological polar surface area (TPSA) is 90.3 Å². The van der Waals surface area contributed by atoms with E-state index in [1.807, 2.05) is 18.4 Å². The van der Waals surface area contributed by atoms with Gasteiger partial charge in [-0.2, -0.15) is 0 Å². The number of aryl methyl sites for hydroxylation is 1. The van der Waals surface area contributed by atoms with Gasteiger partial charge < -0.3 is 21.1 Å². The lowest BCUT2D eigenvalue weighted by Crippen LogP contribution is -2.38. The Bertz CT molecular complexity index is 615. The van der Waals surface area contributed by atoms with E-state index in [0.717, 1.165) is 29.6 Å². The molecule has 0 aliphatic carbocycles. The number of thiazole rings is 1. The second kappa shape index (κ2) is 5.26. The molecule has 3 heterocycles. The van der Waals surface area contributed by atoms with Gasteiger partial charge >= 0.3 is 0 Å². The first-order chi connectivity index (χ1) is 9.63. The summed E-state index contributed by atoms with van der Waals surface area (Å²) in [6.07, 6.45) is -0.0111. The molecule has 0 bridgehead atoms. The van der Waals surface area contributed by atoms with Crippen molar-refractivity contribution in [2.75, 3.05) is 36.1 Å². The maximum absolute atomic E-state index is 5.81. The summed E-state index contributed by atoms with van der Waals surface area (Å²) in [5.74, 6) is 1.20. The molecule has 2 aromatic rings. The first kappa shape index (κ1) is 13.1. The number of nitrogens with zero attached hydrogens (tertiary/aromatic N) is 3. The summed E-state index contributed by atoms with van der Waals surface area (Å²) in [4.78, 5) is 11.0. The Morgan fingerprint density at radius 2 is 2.20 bits per heavy atom. The van der Waals surface area contributed by atoms with E-state index in [4.69, 9.17) is 16.2 Å². The van der Waals surface area contributed by atoms with E-state index in [1.54, 1.807) is 17.4 Å². The zero-order chi connectivity index (χ0) is 14.1. The van der Waals surface area contributed by atoms with Gasteiger partial charge in [-0.25, -0.2) is 9.97 Å².